The van der Waals surface area contributed by atoms with Crippen LogP contribution in [0.3, 0.4) is 0 Å². The highest BCUT2D eigenvalue weighted by atomic mass is 19.1. The summed E-state index contributed by atoms with van der Waals surface area (Å²) in [5, 5.41) is 0. The maximum atomic E-state index is 13.5. The first-order valence-electron chi connectivity index (χ1n) is 10.6. The predicted octanol–water partition coefficient (Wildman–Crippen LogP) is 4.89. The molecule has 1 fully saturated rings. The maximum Gasteiger partial charge on any atom is 0.410 e. The van der Waals surface area contributed by atoms with E-state index >= 15 is 0 Å². The molecule has 162 valence electrons. The fourth-order valence-corrected chi connectivity index (χ4v) is 3.97. The second-order valence-electron chi connectivity index (χ2n) is 9.06. The fourth-order valence-electron chi connectivity index (χ4n) is 3.97. The minimum absolute atomic E-state index is 0.0457. The van der Waals surface area contributed by atoms with Crippen molar-refractivity contribution in [3.05, 3.63) is 65.7 Å². The highest BCUT2D eigenvalue weighted by molar-refractivity contribution is 5.68. The van der Waals surface area contributed by atoms with Gasteiger partial charge in [-0.05, 0) is 76.4 Å². The molecule has 30 heavy (non-hydrogen) atoms. The van der Waals surface area contributed by atoms with Gasteiger partial charge < -0.3 is 9.64 Å². The van der Waals surface area contributed by atoms with E-state index in [0.29, 0.717) is 19.0 Å². The van der Waals surface area contributed by atoms with Gasteiger partial charge in [-0.2, -0.15) is 0 Å². The standard InChI is InChI=1S/C24H32FN3O2/c1-24(2,3)30-23(29)28-15-12-18(13-16-28)17-27(4)22(21-7-5-6-14-26-21)19-8-10-20(25)11-9-19/h5-11,14,18,22H,12-13,15-17H2,1-4H3. The summed E-state index contributed by atoms with van der Waals surface area (Å²) in [5.41, 5.74) is 1.49. The summed E-state index contributed by atoms with van der Waals surface area (Å²) >= 11 is 0. The van der Waals surface area contributed by atoms with E-state index < -0.39 is 5.60 Å². The number of pyridine rings is 1. The molecule has 1 aromatic heterocycles. The molecular weight excluding hydrogens is 381 g/mol. The first kappa shape index (κ1) is 22.2. The third-order valence-electron chi connectivity index (χ3n) is 5.41. The number of likely N-dealkylation sites (tertiary alicyclic amines) is 1. The molecule has 1 atom stereocenters. The van der Waals surface area contributed by atoms with Crippen molar-refractivity contribution in [2.75, 3.05) is 26.7 Å². The van der Waals surface area contributed by atoms with Gasteiger partial charge in [-0.25, -0.2) is 9.18 Å². The van der Waals surface area contributed by atoms with E-state index in [2.05, 4.69) is 16.9 Å². The summed E-state index contributed by atoms with van der Waals surface area (Å²) in [6.45, 7) is 7.96. The largest absolute Gasteiger partial charge is 0.444 e. The number of benzene rings is 1. The number of carbonyl (C=O) groups excluding carboxylic acids is 1. The summed E-state index contributed by atoms with van der Waals surface area (Å²) in [6, 6.07) is 12.5. The maximum absolute atomic E-state index is 13.5. The lowest BCUT2D eigenvalue weighted by molar-refractivity contribution is 0.0169. The van der Waals surface area contributed by atoms with Crippen LogP contribution in [0, 0.1) is 11.7 Å². The van der Waals surface area contributed by atoms with Crippen LogP contribution in [0.5, 0.6) is 0 Å². The molecular formula is C24H32FN3O2. The predicted molar refractivity (Wildman–Crippen MR) is 116 cm³/mol. The lowest BCUT2D eigenvalue weighted by Gasteiger charge is -2.36. The fraction of sp³-hybridized carbons (Fsp3) is 0.500. The summed E-state index contributed by atoms with van der Waals surface area (Å²) in [4.78, 5) is 20.9. The SMILES string of the molecule is CN(CC1CCN(C(=O)OC(C)(C)C)CC1)C(c1ccc(F)cc1)c1ccccn1. The third kappa shape index (κ3) is 6.02. The average Bonchev–Trinajstić information content (AvgIpc) is 2.70. The smallest absolute Gasteiger partial charge is 0.410 e. The Morgan fingerprint density at radius 2 is 1.87 bits per heavy atom. The molecule has 2 aromatic rings. The Balaban J connectivity index is 1.65. The average molecular weight is 414 g/mol. The van der Waals surface area contributed by atoms with E-state index in [1.807, 2.05) is 51.1 Å². The molecule has 1 saturated heterocycles. The number of nitrogens with zero attached hydrogens (tertiary/aromatic N) is 3. The van der Waals surface area contributed by atoms with Gasteiger partial charge in [0.25, 0.3) is 0 Å². The topological polar surface area (TPSA) is 45.7 Å². The van der Waals surface area contributed by atoms with Crippen molar-refractivity contribution in [1.29, 1.82) is 0 Å². The van der Waals surface area contributed by atoms with Crippen LogP contribution in [0.15, 0.2) is 48.7 Å². The molecule has 1 amide bonds. The lowest BCUT2D eigenvalue weighted by Crippen LogP contribution is -2.43. The van der Waals surface area contributed by atoms with Gasteiger partial charge in [0, 0.05) is 25.8 Å². The highest BCUT2D eigenvalue weighted by Gasteiger charge is 2.29. The second-order valence-corrected chi connectivity index (χ2v) is 9.06. The Hall–Kier alpha value is -2.47. The molecule has 0 spiro atoms. The molecule has 3 rings (SSSR count). The van der Waals surface area contributed by atoms with Gasteiger partial charge in [-0.3, -0.25) is 9.88 Å². The highest BCUT2D eigenvalue weighted by Crippen LogP contribution is 2.29. The zero-order valence-corrected chi connectivity index (χ0v) is 18.3. The van der Waals surface area contributed by atoms with Crippen molar-refractivity contribution in [3.63, 3.8) is 0 Å². The quantitative estimate of drug-likeness (QED) is 0.700. The zero-order chi connectivity index (χ0) is 21.7. The number of piperidine rings is 1. The summed E-state index contributed by atoms with van der Waals surface area (Å²) in [5.74, 6) is 0.232. The van der Waals surface area contributed by atoms with E-state index in [9.17, 15) is 9.18 Å². The summed E-state index contributed by atoms with van der Waals surface area (Å²) in [7, 11) is 2.09. The van der Waals surface area contributed by atoms with Crippen molar-refractivity contribution in [2.24, 2.45) is 5.92 Å². The summed E-state index contributed by atoms with van der Waals surface area (Å²) < 4.78 is 19.0. The molecule has 5 nitrogen and oxygen atoms in total. The van der Waals surface area contributed by atoms with Crippen LogP contribution < -0.4 is 0 Å². The van der Waals surface area contributed by atoms with Gasteiger partial charge in [0.2, 0.25) is 0 Å². The summed E-state index contributed by atoms with van der Waals surface area (Å²) in [6.07, 6.45) is 3.43. The molecule has 6 heteroatoms. The second kappa shape index (κ2) is 9.56. The molecule has 1 unspecified atom stereocenters. The Morgan fingerprint density at radius 1 is 1.20 bits per heavy atom. The van der Waals surface area contributed by atoms with Crippen molar-refractivity contribution >= 4 is 6.09 Å². The number of rotatable bonds is 5. The van der Waals surface area contributed by atoms with Crippen molar-refractivity contribution < 1.29 is 13.9 Å². The monoisotopic (exact) mass is 413 g/mol. The number of aromatic nitrogens is 1. The Morgan fingerprint density at radius 3 is 2.43 bits per heavy atom. The molecule has 0 bridgehead atoms. The Kier molecular flexibility index (Phi) is 7.08. The Labute approximate surface area is 178 Å². The van der Waals surface area contributed by atoms with E-state index in [1.165, 1.54) is 12.1 Å². The number of carbonyl (C=O) groups is 1. The molecule has 0 N–H and O–H groups in total. The normalized spacial score (nSPS) is 16.5. The molecule has 1 aliphatic heterocycles. The molecule has 0 radical (unpaired) electrons. The van der Waals surface area contributed by atoms with Crippen LogP contribution in [0.25, 0.3) is 0 Å². The molecule has 1 aromatic carbocycles. The van der Waals surface area contributed by atoms with Crippen LogP contribution in [0.4, 0.5) is 9.18 Å². The third-order valence-corrected chi connectivity index (χ3v) is 5.41. The van der Waals surface area contributed by atoms with E-state index in [-0.39, 0.29) is 18.0 Å². The number of halogens is 1. The van der Waals surface area contributed by atoms with Gasteiger partial charge in [0.1, 0.15) is 11.4 Å². The molecule has 1 aliphatic rings. The minimum atomic E-state index is -0.473. The zero-order valence-electron chi connectivity index (χ0n) is 18.3. The van der Waals surface area contributed by atoms with E-state index in [1.54, 1.807) is 11.1 Å². The first-order chi connectivity index (χ1) is 14.2. The van der Waals surface area contributed by atoms with Gasteiger partial charge in [0.05, 0.1) is 11.7 Å². The lowest BCUT2D eigenvalue weighted by atomic mass is 9.94. The van der Waals surface area contributed by atoms with Crippen molar-refractivity contribution in [1.82, 2.24) is 14.8 Å². The van der Waals surface area contributed by atoms with Crippen LogP contribution in [-0.2, 0) is 4.74 Å². The first-order valence-corrected chi connectivity index (χ1v) is 10.6. The van der Waals surface area contributed by atoms with Gasteiger partial charge >= 0.3 is 6.09 Å². The van der Waals surface area contributed by atoms with Gasteiger partial charge in [-0.1, -0.05) is 18.2 Å². The Bertz CT molecular complexity index is 813. The number of hydrogen-bond donors (Lipinski definition) is 0. The minimum Gasteiger partial charge on any atom is -0.444 e. The molecule has 0 aliphatic carbocycles. The van der Waals surface area contributed by atoms with Crippen LogP contribution in [0.2, 0.25) is 0 Å². The van der Waals surface area contributed by atoms with Crippen molar-refractivity contribution in [3.8, 4) is 0 Å². The van der Waals surface area contributed by atoms with E-state index in [4.69, 9.17) is 4.74 Å². The van der Waals surface area contributed by atoms with Crippen LogP contribution >= 0.6 is 0 Å². The van der Waals surface area contributed by atoms with Gasteiger partial charge in [-0.15, -0.1) is 0 Å². The van der Waals surface area contributed by atoms with E-state index in [0.717, 1.165) is 30.6 Å². The van der Waals surface area contributed by atoms with Gasteiger partial charge in [0.15, 0.2) is 0 Å². The molecule has 0 saturated carbocycles. The van der Waals surface area contributed by atoms with Crippen LogP contribution in [-0.4, -0.2) is 53.2 Å². The number of amides is 1. The number of ether oxygens (including phenoxy) is 1. The number of hydrogen-bond acceptors (Lipinski definition) is 4. The molecule has 2 heterocycles. The van der Waals surface area contributed by atoms with Crippen LogP contribution in [0.1, 0.15) is 50.9 Å². The van der Waals surface area contributed by atoms with Crippen molar-refractivity contribution in [2.45, 2.75) is 45.3 Å².